The molecule has 0 amide bonds. The lowest BCUT2D eigenvalue weighted by atomic mass is 9.84. The molecule has 0 bridgehead atoms. The minimum Gasteiger partial charge on any atom is -0.381 e. The van der Waals surface area contributed by atoms with Crippen LogP contribution in [0.2, 0.25) is 0 Å². The van der Waals surface area contributed by atoms with E-state index in [1.165, 1.54) is 32.4 Å². The van der Waals surface area contributed by atoms with Gasteiger partial charge in [0.15, 0.2) is 0 Å². The van der Waals surface area contributed by atoms with Crippen LogP contribution in [0.3, 0.4) is 0 Å². The Morgan fingerprint density at radius 2 is 1.83 bits per heavy atom. The third-order valence-electron chi connectivity index (χ3n) is 3.39. The van der Waals surface area contributed by atoms with Crippen LogP contribution in [-0.4, -0.2) is 38.3 Å². The van der Waals surface area contributed by atoms with Crippen molar-refractivity contribution in [2.75, 3.05) is 33.4 Å². The summed E-state index contributed by atoms with van der Waals surface area (Å²) >= 11 is 0. The van der Waals surface area contributed by atoms with E-state index in [2.05, 4.69) is 11.9 Å². The Morgan fingerprint density at radius 1 is 1.08 bits per heavy atom. The van der Waals surface area contributed by atoms with Crippen molar-refractivity contribution < 1.29 is 4.74 Å². The number of hydrogen-bond donors (Lipinski definition) is 0. The fourth-order valence-corrected chi connectivity index (χ4v) is 2.42. The van der Waals surface area contributed by atoms with Crippen molar-refractivity contribution in [3.05, 3.63) is 0 Å². The number of nitrogens with zero attached hydrogens (tertiary/aromatic N) is 1. The first kappa shape index (κ1) is 8.52. The Morgan fingerprint density at radius 3 is 2.42 bits per heavy atom. The van der Waals surface area contributed by atoms with Crippen LogP contribution < -0.4 is 0 Å². The van der Waals surface area contributed by atoms with Gasteiger partial charge in [0.05, 0.1) is 0 Å². The Labute approximate surface area is 74.9 Å². The number of hydrogen-bond acceptors (Lipinski definition) is 2. The predicted molar refractivity (Wildman–Crippen MR) is 49.1 cm³/mol. The SMILES string of the molecule is CN1CCC(C2CCOC2)CC1. The van der Waals surface area contributed by atoms with E-state index in [-0.39, 0.29) is 0 Å². The summed E-state index contributed by atoms with van der Waals surface area (Å²) in [5.41, 5.74) is 0. The minimum atomic E-state index is 0.888. The second-order valence-corrected chi connectivity index (χ2v) is 4.26. The van der Waals surface area contributed by atoms with E-state index in [1.807, 2.05) is 0 Å². The monoisotopic (exact) mass is 169 g/mol. The zero-order chi connectivity index (χ0) is 8.39. The molecule has 12 heavy (non-hydrogen) atoms. The fourth-order valence-electron chi connectivity index (χ4n) is 2.42. The Hall–Kier alpha value is -0.0800. The first-order valence-electron chi connectivity index (χ1n) is 5.12. The van der Waals surface area contributed by atoms with Crippen molar-refractivity contribution in [3.8, 4) is 0 Å². The van der Waals surface area contributed by atoms with Crippen LogP contribution in [0.5, 0.6) is 0 Å². The average molecular weight is 169 g/mol. The third kappa shape index (κ3) is 1.80. The summed E-state index contributed by atoms with van der Waals surface area (Å²) in [6.45, 7) is 4.63. The Balaban J connectivity index is 1.80. The van der Waals surface area contributed by atoms with Crippen LogP contribution in [0.15, 0.2) is 0 Å². The second kappa shape index (κ2) is 3.75. The van der Waals surface area contributed by atoms with Crippen LogP contribution in [-0.2, 0) is 4.74 Å². The van der Waals surface area contributed by atoms with Gasteiger partial charge in [-0.05, 0) is 51.2 Å². The van der Waals surface area contributed by atoms with Gasteiger partial charge < -0.3 is 9.64 Å². The molecule has 2 heteroatoms. The van der Waals surface area contributed by atoms with E-state index in [1.54, 1.807) is 0 Å². The van der Waals surface area contributed by atoms with Crippen molar-refractivity contribution in [2.45, 2.75) is 19.3 Å². The molecular weight excluding hydrogens is 150 g/mol. The van der Waals surface area contributed by atoms with Gasteiger partial charge in [0.1, 0.15) is 0 Å². The van der Waals surface area contributed by atoms with Crippen LogP contribution in [0.25, 0.3) is 0 Å². The highest BCUT2D eigenvalue weighted by Gasteiger charge is 2.27. The van der Waals surface area contributed by atoms with Crippen molar-refractivity contribution in [3.63, 3.8) is 0 Å². The second-order valence-electron chi connectivity index (χ2n) is 4.26. The topological polar surface area (TPSA) is 12.5 Å². The fraction of sp³-hybridized carbons (Fsp3) is 1.00. The number of rotatable bonds is 1. The minimum absolute atomic E-state index is 0.888. The van der Waals surface area contributed by atoms with Crippen molar-refractivity contribution in [1.29, 1.82) is 0 Å². The molecule has 2 nitrogen and oxygen atoms in total. The standard InChI is InChI=1S/C10H19NO/c1-11-5-2-9(3-6-11)10-4-7-12-8-10/h9-10H,2-8H2,1H3. The van der Waals surface area contributed by atoms with Gasteiger partial charge in [0.2, 0.25) is 0 Å². The summed E-state index contributed by atoms with van der Waals surface area (Å²) in [6, 6.07) is 0. The molecule has 0 saturated carbocycles. The normalized spacial score (nSPS) is 34.2. The lowest BCUT2D eigenvalue weighted by molar-refractivity contribution is 0.138. The smallest absolute Gasteiger partial charge is 0.0497 e. The molecule has 2 aliphatic rings. The van der Waals surface area contributed by atoms with E-state index in [0.29, 0.717) is 0 Å². The first-order chi connectivity index (χ1) is 5.86. The van der Waals surface area contributed by atoms with Crippen molar-refractivity contribution in [2.24, 2.45) is 11.8 Å². The van der Waals surface area contributed by atoms with Gasteiger partial charge in [0, 0.05) is 13.2 Å². The predicted octanol–water partition coefficient (Wildman–Crippen LogP) is 1.36. The van der Waals surface area contributed by atoms with E-state index in [0.717, 1.165) is 25.0 Å². The molecule has 2 rings (SSSR count). The molecule has 2 saturated heterocycles. The zero-order valence-corrected chi connectivity index (χ0v) is 7.96. The maximum atomic E-state index is 5.42. The molecule has 0 aromatic rings. The van der Waals surface area contributed by atoms with E-state index < -0.39 is 0 Å². The molecule has 1 unspecified atom stereocenters. The summed E-state index contributed by atoms with van der Waals surface area (Å²) in [5.74, 6) is 1.85. The molecule has 0 aliphatic carbocycles. The van der Waals surface area contributed by atoms with Crippen LogP contribution in [0, 0.1) is 11.8 Å². The quantitative estimate of drug-likeness (QED) is 0.588. The molecule has 0 N–H and O–H groups in total. The summed E-state index contributed by atoms with van der Waals surface area (Å²) < 4.78 is 5.42. The van der Waals surface area contributed by atoms with E-state index >= 15 is 0 Å². The molecule has 0 aromatic heterocycles. The van der Waals surface area contributed by atoms with Crippen molar-refractivity contribution in [1.82, 2.24) is 4.90 Å². The van der Waals surface area contributed by atoms with Gasteiger partial charge in [-0.15, -0.1) is 0 Å². The van der Waals surface area contributed by atoms with E-state index in [4.69, 9.17) is 4.74 Å². The molecule has 2 fully saturated rings. The summed E-state index contributed by atoms with van der Waals surface area (Å²) in [6.07, 6.45) is 4.10. The molecule has 2 aliphatic heterocycles. The maximum absolute atomic E-state index is 5.42. The number of ether oxygens (including phenoxy) is 1. The molecular formula is C10H19NO. The van der Waals surface area contributed by atoms with Gasteiger partial charge >= 0.3 is 0 Å². The highest BCUT2D eigenvalue weighted by molar-refractivity contribution is 4.78. The summed E-state index contributed by atoms with van der Waals surface area (Å²) in [4.78, 5) is 2.44. The third-order valence-corrected chi connectivity index (χ3v) is 3.39. The van der Waals surface area contributed by atoms with Crippen LogP contribution in [0.1, 0.15) is 19.3 Å². The van der Waals surface area contributed by atoms with Gasteiger partial charge in [-0.1, -0.05) is 0 Å². The van der Waals surface area contributed by atoms with Gasteiger partial charge in [0.25, 0.3) is 0 Å². The van der Waals surface area contributed by atoms with Gasteiger partial charge in [-0.25, -0.2) is 0 Å². The number of likely N-dealkylation sites (tertiary alicyclic amines) is 1. The zero-order valence-electron chi connectivity index (χ0n) is 7.96. The highest BCUT2D eigenvalue weighted by atomic mass is 16.5. The molecule has 70 valence electrons. The Kier molecular flexibility index (Phi) is 2.66. The van der Waals surface area contributed by atoms with Gasteiger partial charge in [-0.3, -0.25) is 0 Å². The lowest BCUT2D eigenvalue weighted by Crippen LogP contribution is -2.33. The number of piperidine rings is 1. The largest absolute Gasteiger partial charge is 0.381 e. The average Bonchev–Trinajstić information content (AvgIpc) is 2.58. The summed E-state index contributed by atoms with van der Waals surface area (Å²) in [5, 5.41) is 0. The molecule has 2 heterocycles. The summed E-state index contributed by atoms with van der Waals surface area (Å²) in [7, 11) is 2.22. The lowest BCUT2D eigenvalue weighted by Gasteiger charge is -2.31. The van der Waals surface area contributed by atoms with E-state index in [9.17, 15) is 0 Å². The molecule has 0 radical (unpaired) electrons. The molecule has 0 aromatic carbocycles. The first-order valence-corrected chi connectivity index (χ1v) is 5.12. The maximum Gasteiger partial charge on any atom is 0.0497 e. The molecule has 1 atom stereocenters. The Bertz CT molecular complexity index is 135. The van der Waals surface area contributed by atoms with Crippen LogP contribution >= 0.6 is 0 Å². The van der Waals surface area contributed by atoms with Crippen molar-refractivity contribution >= 4 is 0 Å². The molecule has 0 spiro atoms. The van der Waals surface area contributed by atoms with Crippen LogP contribution in [0.4, 0.5) is 0 Å². The van der Waals surface area contributed by atoms with Gasteiger partial charge in [-0.2, -0.15) is 0 Å². The highest BCUT2D eigenvalue weighted by Crippen LogP contribution is 2.29.